The molecule has 0 saturated heterocycles. The molecule has 0 aliphatic rings. The summed E-state index contributed by atoms with van der Waals surface area (Å²) in [6.45, 7) is 0.0233. The number of anilines is 1. The Bertz CT molecular complexity index is 664. The van der Waals surface area contributed by atoms with E-state index < -0.39 is 10.7 Å². The second-order valence-electron chi connectivity index (χ2n) is 3.97. The number of nitro benzene ring substituents is 1. The van der Waals surface area contributed by atoms with Crippen LogP contribution in [0.1, 0.15) is 5.56 Å². The number of hydrogen-bond donors (Lipinski definition) is 1. The van der Waals surface area contributed by atoms with Crippen LogP contribution in [0.2, 0.25) is 5.02 Å². The van der Waals surface area contributed by atoms with Gasteiger partial charge in [-0.3, -0.25) is 10.1 Å². The number of halogens is 2. The Morgan fingerprint density at radius 3 is 2.75 bits per heavy atom. The van der Waals surface area contributed by atoms with Gasteiger partial charge in [0.05, 0.1) is 9.95 Å². The smallest absolute Gasteiger partial charge is 0.292 e. The van der Waals surface area contributed by atoms with Gasteiger partial charge in [0.1, 0.15) is 23.9 Å². The van der Waals surface area contributed by atoms with E-state index in [4.69, 9.17) is 22.1 Å². The molecular formula is C13H10ClFN2O3. The van der Waals surface area contributed by atoms with Gasteiger partial charge in [0.25, 0.3) is 5.69 Å². The van der Waals surface area contributed by atoms with Crippen molar-refractivity contribution in [2.45, 2.75) is 6.61 Å². The quantitative estimate of drug-likeness (QED) is 0.531. The zero-order valence-corrected chi connectivity index (χ0v) is 10.9. The number of benzene rings is 2. The van der Waals surface area contributed by atoms with Gasteiger partial charge in [-0.2, -0.15) is 0 Å². The minimum atomic E-state index is -0.562. The van der Waals surface area contributed by atoms with Crippen molar-refractivity contribution in [1.82, 2.24) is 0 Å². The summed E-state index contributed by atoms with van der Waals surface area (Å²) in [7, 11) is 0. The highest BCUT2D eigenvalue weighted by atomic mass is 35.5. The minimum absolute atomic E-state index is 0.0233. The van der Waals surface area contributed by atoms with Gasteiger partial charge in [0, 0.05) is 17.7 Å². The summed E-state index contributed by atoms with van der Waals surface area (Å²) in [5.74, 6) is -0.198. The highest BCUT2D eigenvalue weighted by Gasteiger charge is 2.14. The molecule has 0 amide bonds. The fourth-order valence-electron chi connectivity index (χ4n) is 1.61. The molecule has 2 rings (SSSR count). The number of nitrogens with two attached hydrogens (primary N) is 1. The van der Waals surface area contributed by atoms with Crippen LogP contribution in [0.4, 0.5) is 15.8 Å². The van der Waals surface area contributed by atoms with Crippen molar-refractivity contribution in [3.8, 4) is 5.75 Å². The number of ether oxygens (including phenoxy) is 1. The third-order valence-electron chi connectivity index (χ3n) is 2.66. The third-order valence-corrected chi connectivity index (χ3v) is 2.95. The van der Waals surface area contributed by atoms with Crippen molar-refractivity contribution in [2.24, 2.45) is 0 Å². The van der Waals surface area contributed by atoms with E-state index in [1.807, 2.05) is 0 Å². The Morgan fingerprint density at radius 2 is 2.10 bits per heavy atom. The van der Waals surface area contributed by atoms with Crippen molar-refractivity contribution in [2.75, 3.05) is 5.73 Å². The molecule has 0 aliphatic heterocycles. The SMILES string of the molecule is Nc1c(COc2ccc(F)c(Cl)c2)cccc1[N+](=O)[O-]. The van der Waals surface area contributed by atoms with Gasteiger partial charge in [-0.1, -0.05) is 23.7 Å². The Kier molecular flexibility index (Phi) is 4.05. The van der Waals surface area contributed by atoms with Crippen molar-refractivity contribution >= 4 is 23.0 Å². The van der Waals surface area contributed by atoms with Gasteiger partial charge in [0.2, 0.25) is 0 Å². The molecule has 0 radical (unpaired) electrons. The lowest BCUT2D eigenvalue weighted by atomic mass is 10.1. The molecule has 104 valence electrons. The predicted molar refractivity (Wildman–Crippen MR) is 73.3 cm³/mol. The molecule has 0 saturated carbocycles. The first-order valence-electron chi connectivity index (χ1n) is 5.58. The molecule has 2 aromatic carbocycles. The van der Waals surface area contributed by atoms with Crippen molar-refractivity contribution in [1.29, 1.82) is 0 Å². The number of nitrogen functional groups attached to an aromatic ring is 1. The molecule has 7 heteroatoms. The Hall–Kier alpha value is -2.34. The fraction of sp³-hybridized carbons (Fsp3) is 0.0769. The van der Waals surface area contributed by atoms with Crippen LogP contribution >= 0.6 is 11.6 Å². The van der Waals surface area contributed by atoms with E-state index in [1.165, 1.54) is 30.3 Å². The van der Waals surface area contributed by atoms with Crippen molar-refractivity contribution < 1.29 is 14.1 Å². The Morgan fingerprint density at radius 1 is 1.35 bits per heavy atom. The number of para-hydroxylation sites is 1. The summed E-state index contributed by atoms with van der Waals surface area (Å²) in [4.78, 5) is 10.2. The van der Waals surface area contributed by atoms with Gasteiger partial charge in [-0.15, -0.1) is 0 Å². The van der Waals surface area contributed by atoms with Gasteiger partial charge < -0.3 is 10.5 Å². The van der Waals surface area contributed by atoms with Crippen LogP contribution in [0.25, 0.3) is 0 Å². The first-order valence-corrected chi connectivity index (χ1v) is 5.96. The van der Waals surface area contributed by atoms with Gasteiger partial charge >= 0.3 is 0 Å². The van der Waals surface area contributed by atoms with Gasteiger partial charge in [-0.25, -0.2) is 4.39 Å². The molecule has 2 N–H and O–H groups in total. The summed E-state index contributed by atoms with van der Waals surface area (Å²) in [5.41, 5.74) is 6.04. The molecule has 0 bridgehead atoms. The van der Waals surface area contributed by atoms with E-state index in [0.717, 1.165) is 0 Å². The maximum atomic E-state index is 13.0. The summed E-state index contributed by atoms with van der Waals surface area (Å²) in [6.07, 6.45) is 0. The van der Waals surface area contributed by atoms with Crippen LogP contribution in [0.3, 0.4) is 0 Å². The van der Waals surface area contributed by atoms with Gasteiger partial charge in [0.15, 0.2) is 0 Å². The Balaban J connectivity index is 2.17. The number of nitrogens with zero attached hydrogens (tertiary/aromatic N) is 1. The molecule has 5 nitrogen and oxygen atoms in total. The first kappa shape index (κ1) is 14.1. The van der Waals surface area contributed by atoms with Crippen LogP contribution in [0.5, 0.6) is 5.75 Å². The molecule has 0 fully saturated rings. The van der Waals surface area contributed by atoms with E-state index in [1.54, 1.807) is 6.07 Å². The fourth-order valence-corrected chi connectivity index (χ4v) is 1.78. The highest BCUT2D eigenvalue weighted by Crippen LogP contribution is 2.27. The maximum absolute atomic E-state index is 13.0. The van der Waals surface area contributed by atoms with E-state index in [9.17, 15) is 14.5 Å². The number of rotatable bonds is 4. The number of hydrogen-bond acceptors (Lipinski definition) is 4. The zero-order valence-electron chi connectivity index (χ0n) is 10.2. The summed E-state index contributed by atoms with van der Waals surface area (Å²) < 4.78 is 18.4. The topological polar surface area (TPSA) is 78.4 Å². The lowest BCUT2D eigenvalue weighted by molar-refractivity contribution is -0.384. The molecule has 0 aromatic heterocycles. The van der Waals surface area contributed by atoms with E-state index >= 15 is 0 Å². The molecule has 0 heterocycles. The average molecular weight is 297 g/mol. The second kappa shape index (κ2) is 5.75. The van der Waals surface area contributed by atoms with Gasteiger partial charge in [-0.05, 0) is 12.1 Å². The van der Waals surface area contributed by atoms with E-state index in [0.29, 0.717) is 11.3 Å². The third kappa shape index (κ3) is 2.97. The standard InChI is InChI=1S/C13H10ClFN2O3/c14-10-6-9(4-5-11(10)15)20-7-8-2-1-3-12(13(8)16)17(18)19/h1-6H,7,16H2. The molecule has 0 spiro atoms. The van der Waals surface area contributed by atoms with Crippen LogP contribution in [0, 0.1) is 15.9 Å². The lowest BCUT2D eigenvalue weighted by Gasteiger charge is -2.09. The second-order valence-corrected chi connectivity index (χ2v) is 4.38. The largest absolute Gasteiger partial charge is 0.489 e. The van der Waals surface area contributed by atoms with Crippen molar-refractivity contribution in [3.63, 3.8) is 0 Å². The molecular weight excluding hydrogens is 287 g/mol. The first-order chi connectivity index (χ1) is 9.49. The highest BCUT2D eigenvalue weighted by molar-refractivity contribution is 6.30. The van der Waals surface area contributed by atoms with E-state index in [-0.39, 0.29) is 23.0 Å². The van der Waals surface area contributed by atoms with E-state index in [2.05, 4.69) is 0 Å². The normalized spacial score (nSPS) is 10.3. The summed E-state index contributed by atoms with van der Waals surface area (Å²) in [5, 5.41) is 10.7. The molecule has 0 atom stereocenters. The average Bonchev–Trinajstić information content (AvgIpc) is 2.41. The van der Waals surface area contributed by atoms with Crippen LogP contribution in [0.15, 0.2) is 36.4 Å². The van der Waals surface area contributed by atoms with Crippen LogP contribution in [-0.4, -0.2) is 4.92 Å². The monoisotopic (exact) mass is 296 g/mol. The molecule has 2 aromatic rings. The Labute approximate surface area is 118 Å². The zero-order chi connectivity index (χ0) is 14.7. The van der Waals surface area contributed by atoms with Crippen LogP contribution in [-0.2, 0) is 6.61 Å². The molecule has 0 aliphatic carbocycles. The maximum Gasteiger partial charge on any atom is 0.292 e. The number of nitro groups is 1. The van der Waals surface area contributed by atoms with Crippen LogP contribution < -0.4 is 10.5 Å². The van der Waals surface area contributed by atoms with Crippen molar-refractivity contribution in [3.05, 3.63) is 62.9 Å². The predicted octanol–water partition coefficient (Wildman–Crippen LogP) is 3.55. The molecule has 20 heavy (non-hydrogen) atoms. The summed E-state index contributed by atoms with van der Waals surface area (Å²) >= 11 is 5.62. The minimum Gasteiger partial charge on any atom is -0.489 e. The summed E-state index contributed by atoms with van der Waals surface area (Å²) in [6, 6.07) is 8.36. The lowest BCUT2D eigenvalue weighted by Crippen LogP contribution is -2.03. The molecule has 0 unspecified atom stereocenters.